The predicted octanol–water partition coefficient (Wildman–Crippen LogP) is 6.44. The van der Waals surface area contributed by atoms with Crippen molar-refractivity contribution in [2.75, 3.05) is 4.90 Å². The number of rotatable bonds is 7. The van der Waals surface area contributed by atoms with Crippen molar-refractivity contribution < 1.29 is 4.74 Å². The number of ether oxygens (including phenoxy) is 1. The SMILES string of the molecule is Cc1cc(C2C(c3ccccn3)NC(=S)N2c2ccc(OC3CCCC3)cc2)c(C)n1Cc1ccncc1. The Morgan fingerprint density at radius 1 is 0.974 bits per heavy atom. The lowest BCUT2D eigenvalue weighted by atomic mass is 9.96. The van der Waals surface area contributed by atoms with E-state index >= 15 is 0 Å². The highest BCUT2D eigenvalue weighted by Gasteiger charge is 2.42. The summed E-state index contributed by atoms with van der Waals surface area (Å²) in [6.45, 7) is 5.18. The molecule has 194 valence electrons. The van der Waals surface area contributed by atoms with Gasteiger partial charge in [0.15, 0.2) is 5.11 Å². The molecule has 0 amide bonds. The summed E-state index contributed by atoms with van der Waals surface area (Å²) in [6, 6.07) is 20.8. The molecule has 0 radical (unpaired) electrons. The molecular formula is C31H33N5OS. The molecule has 1 saturated carbocycles. The molecule has 1 aromatic carbocycles. The summed E-state index contributed by atoms with van der Waals surface area (Å²) in [5.74, 6) is 0.923. The molecule has 2 unspecified atom stereocenters. The summed E-state index contributed by atoms with van der Waals surface area (Å²) in [5, 5.41) is 4.30. The van der Waals surface area contributed by atoms with Crippen molar-refractivity contribution in [1.82, 2.24) is 19.9 Å². The lowest BCUT2D eigenvalue weighted by Gasteiger charge is -2.28. The van der Waals surface area contributed by atoms with Gasteiger partial charge in [-0.15, -0.1) is 0 Å². The van der Waals surface area contributed by atoms with Crippen LogP contribution >= 0.6 is 12.2 Å². The number of thiocarbonyl (C=S) groups is 1. The van der Waals surface area contributed by atoms with E-state index in [2.05, 4.69) is 82.1 Å². The van der Waals surface area contributed by atoms with Crippen LogP contribution in [0.1, 0.15) is 66.0 Å². The number of nitrogens with one attached hydrogen (secondary N) is 1. The first-order valence-corrected chi connectivity index (χ1v) is 13.8. The maximum atomic E-state index is 6.23. The minimum absolute atomic E-state index is 0.0450. The average Bonchev–Trinajstić information content (AvgIpc) is 3.65. The minimum Gasteiger partial charge on any atom is -0.490 e. The second-order valence-corrected chi connectivity index (χ2v) is 10.7. The van der Waals surface area contributed by atoms with Gasteiger partial charge < -0.3 is 19.5 Å². The van der Waals surface area contributed by atoms with Crippen molar-refractivity contribution in [3.8, 4) is 5.75 Å². The van der Waals surface area contributed by atoms with Crippen LogP contribution in [-0.2, 0) is 6.54 Å². The number of anilines is 1. The smallest absolute Gasteiger partial charge is 0.174 e. The van der Waals surface area contributed by atoms with Crippen LogP contribution in [0.15, 0.2) is 79.3 Å². The van der Waals surface area contributed by atoms with E-state index in [0.29, 0.717) is 11.2 Å². The first-order chi connectivity index (χ1) is 18.6. The lowest BCUT2D eigenvalue weighted by Crippen LogP contribution is -2.29. The molecular weight excluding hydrogens is 490 g/mol. The van der Waals surface area contributed by atoms with E-state index in [4.69, 9.17) is 21.9 Å². The van der Waals surface area contributed by atoms with E-state index in [9.17, 15) is 0 Å². The summed E-state index contributed by atoms with van der Waals surface area (Å²) in [4.78, 5) is 11.1. The van der Waals surface area contributed by atoms with E-state index in [1.807, 2.05) is 30.7 Å². The van der Waals surface area contributed by atoms with E-state index in [1.54, 1.807) is 0 Å². The van der Waals surface area contributed by atoms with Crippen LogP contribution in [0.4, 0.5) is 5.69 Å². The van der Waals surface area contributed by atoms with E-state index in [0.717, 1.165) is 36.5 Å². The summed E-state index contributed by atoms with van der Waals surface area (Å²) in [6.07, 6.45) is 10.7. The van der Waals surface area contributed by atoms with E-state index in [-0.39, 0.29) is 12.1 Å². The van der Waals surface area contributed by atoms with Gasteiger partial charge in [-0.05, 0) is 117 Å². The van der Waals surface area contributed by atoms with Gasteiger partial charge in [-0.3, -0.25) is 9.97 Å². The Morgan fingerprint density at radius 2 is 1.74 bits per heavy atom. The Labute approximate surface area is 229 Å². The second kappa shape index (κ2) is 10.6. The van der Waals surface area contributed by atoms with Crippen LogP contribution in [0.5, 0.6) is 5.75 Å². The van der Waals surface area contributed by atoms with Gasteiger partial charge in [-0.2, -0.15) is 0 Å². The molecule has 1 aliphatic carbocycles. The van der Waals surface area contributed by atoms with Gasteiger partial charge in [0.2, 0.25) is 0 Å². The van der Waals surface area contributed by atoms with Crippen LogP contribution in [0.25, 0.3) is 0 Å². The van der Waals surface area contributed by atoms with Crippen molar-refractivity contribution in [2.45, 2.75) is 64.3 Å². The van der Waals surface area contributed by atoms with Crippen molar-refractivity contribution >= 4 is 23.0 Å². The van der Waals surface area contributed by atoms with Crippen molar-refractivity contribution in [3.05, 3.63) is 107 Å². The highest BCUT2D eigenvalue weighted by molar-refractivity contribution is 7.80. The van der Waals surface area contributed by atoms with Gasteiger partial charge in [0.05, 0.1) is 23.9 Å². The van der Waals surface area contributed by atoms with Crippen LogP contribution in [-0.4, -0.2) is 25.8 Å². The highest BCUT2D eigenvalue weighted by atomic mass is 32.1. The standard InChI is InChI=1S/C31H33N5OS/c1-21-19-27(22(2)35(21)20-23-14-17-32-18-15-23)30-29(28-9-5-6-16-33-28)34-31(38)36(30)24-10-12-26(13-11-24)37-25-7-3-4-8-25/h5-6,9-19,25,29-30H,3-4,7-8,20H2,1-2H3,(H,34,38). The highest BCUT2D eigenvalue weighted by Crippen LogP contribution is 2.43. The molecule has 1 N–H and O–H groups in total. The quantitative estimate of drug-likeness (QED) is 0.281. The maximum Gasteiger partial charge on any atom is 0.174 e. The summed E-state index contributed by atoms with van der Waals surface area (Å²) < 4.78 is 8.60. The number of nitrogens with zero attached hydrogens (tertiary/aromatic N) is 4. The van der Waals surface area contributed by atoms with Gasteiger partial charge in [0.1, 0.15) is 5.75 Å². The molecule has 3 aromatic heterocycles. The fraction of sp³-hybridized carbons (Fsp3) is 0.323. The van der Waals surface area contributed by atoms with Crippen molar-refractivity contribution in [1.29, 1.82) is 0 Å². The predicted molar refractivity (Wildman–Crippen MR) is 155 cm³/mol. The van der Waals surface area contributed by atoms with E-state index < -0.39 is 0 Å². The van der Waals surface area contributed by atoms with Gasteiger partial charge in [0.25, 0.3) is 0 Å². The summed E-state index contributed by atoms with van der Waals surface area (Å²) in [5.41, 5.74) is 6.93. The molecule has 6 nitrogen and oxygen atoms in total. The van der Waals surface area contributed by atoms with Crippen LogP contribution in [0, 0.1) is 13.8 Å². The molecule has 7 heteroatoms. The van der Waals surface area contributed by atoms with Gasteiger partial charge in [0, 0.05) is 42.2 Å². The fourth-order valence-electron chi connectivity index (χ4n) is 5.87. The van der Waals surface area contributed by atoms with Crippen molar-refractivity contribution in [3.63, 3.8) is 0 Å². The molecule has 4 aromatic rings. The second-order valence-electron chi connectivity index (χ2n) is 10.3. The topological polar surface area (TPSA) is 55.2 Å². The molecule has 4 heterocycles. The third-order valence-electron chi connectivity index (χ3n) is 7.84. The molecule has 1 saturated heterocycles. The van der Waals surface area contributed by atoms with Crippen LogP contribution < -0.4 is 15.0 Å². The molecule has 2 aliphatic rings. The lowest BCUT2D eigenvalue weighted by molar-refractivity contribution is 0.210. The Balaban J connectivity index is 1.37. The van der Waals surface area contributed by atoms with Gasteiger partial charge in [-0.25, -0.2) is 0 Å². The number of benzene rings is 1. The molecule has 38 heavy (non-hydrogen) atoms. The number of aryl methyl sites for hydroxylation is 1. The molecule has 0 bridgehead atoms. The molecule has 0 spiro atoms. The first kappa shape index (κ1) is 24.6. The third kappa shape index (κ3) is 4.78. The third-order valence-corrected chi connectivity index (χ3v) is 8.15. The number of aromatic nitrogens is 3. The summed E-state index contributed by atoms with van der Waals surface area (Å²) >= 11 is 5.96. The van der Waals surface area contributed by atoms with Crippen molar-refractivity contribution in [2.24, 2.45) is 0 Å². The molecule has 6 rings (SSSR count). The zero-order chi connectivity index (χ0) is 26.1. The molecule has 2 atom stereocenters. The minimum atomic E-state index is -0.0759. The number of hydrogen-bond donors (Lipinski definition) is 1. The van der Waals surface area contributed by atoms with Gasteiger partial charge in [-0.1, -0.05) is 6.07 Å². The van der Waals surface area contributed by atoms with Crippen LogP contribution in [0.3, 0.4) is 0 Å². The first-order valence-electron chi connectivity index (χ1n) is 13.4. The number of pyridine rings is 2. The zero-order valence-corrected chi connectivity index (χ0v) is 22.7. The Hall–Kier alpha value is -3.71. The summed E-state index contributed by atoms with van der Waals surface area (Å²) in [7, 11) is 0. The molecule has 1 aliphatic heterocycles. The Kier molecular flexibility index (Phi) is 6.85. The fourth-order valence-corrected chi connectivity index (χ4v) is 6.22. The average molecular weight is 524 g/mol. The normalized spacial score (nSPS) is 19.6. The monoisotopic (exact) mass is 523 g/mol. The zero-order valence-electron chi connectivity index (χ0n) is 21.9. The number of hydrogen-bond acceptors (Lipinski definition) is 4. The Morgan fingerprint density at radius 3 is 2.45 bits per heavy atom. The largest absolute Gasteiger partial charge is 0.490 e. The van der Waals surface area contributed by atoms with E-state index in [1.165, 1.54) is 35.4 Å². The van der Waals surface area contributed by atoms with Crippen LogP contribution in [0.2, 0.25) is 0 Å². The maximum absolute atomic E-state index is 6.23. The Bertz CT molecular complexity index is 1400. The van der Waals surface area contributed by atoms with Gasteiger partial charge >= 0.3 is 0 Å². The molecule has 2 fully saturated rings.